The van der Waals surface area contributed by atoms with E-state index in [-0.39, 0.29) is 12.4 Å². The average molecular weight is 261 g/mol. The van der Waals surface area contributed by atoms with E-state index in [1.54, 1.807) is 6.07 Å². The molecule has 0 radical (unpaired) electrons. The van der Waals surface area contributed by atoms with E-state index < -0.39 is 11.7 Å². The van der Waals surface area contributed by atoms with Gasteiger partial charge in [0.2, 0.25) is 0 Å². The summed E-state index contributed by atoms with van der Waals surface area (Å²) in [7, 11) is 0. The van der Waals surface area contributed by atoms with Crippen molar-refractivity contribution in [2.75, 3.05) is 0 Å². The fourth-order valence-electron chi connectivity index (χ4n) is 0.903. The fraction of sp³-hybridized carbons (Fsp3) is 0.250. The van der Waals surface area contributed by atoms with Gasteiger partial charge in [-0.1, -0.05) is 0 Å². The van der Waals surface area contributed by atoms with Gasteiger partial charge in [-0.05, 0) is 0 Å². The van der Waals surface area contributed by atoms with Crippen LogP contribution in [0.25, 0.3) is 0 Å². The Morgan fingerprint density at radius 3 is 2.31 bits per heavy atom. The second-order valence-electron chi connectivity index (χ2n) is 2.45. The van der Waals surface area contributed by atoms with Gasteiger partial charge in [0.25, 0.3) is 0 Å². The van der Waals surface area contributed by atoms with Gasteiger partial charge in [-0.25, -0.2) is 0 Å². The molecule has 13 heavy (non-hydrogen) atoms. The van der Waals surface area contributed by atoms with Crippen LogP contribution in [0.15, 0.2) is 24.3 Å². The Morgan fingerprint density at radius 1 is 1.23 bits per heavy atom. The minimum atomic E-state index is -4.20. The molecule has 5 heteroatoms. The first-order chi connectivity index (χ1) is 5.54. The Balaban J connectivity index is 0.00000144. The number of hydrogen-bond donors (Lipinski definition) is 0. The Morgan fingerprint density at radius 2 is 1.85 bits per heavy atom. The fourth-order valence-corrected chi connectivity index (χ4v) is 1.56. The number of alkyl halides is 3. The van der Waals surface area contributed by atoms with Crippen LogP contribution >= 0.6 is 12.4 Å². The third kappa shape index (κ3) is 3.65. The first-order valence-electron chi connectivity index (χ1n) is 3.49. The molecule has 0 fully saturated rings. The number of halogens is 4. The molecule has 1 aromatic rings. The molecule has 0 aliphatic heterocycles. The van der Waals surface area contributed by atoms with E-state index >= 15 is 0 Å². The van der Waals surface area contributed by atoms with E-state index in [0.29, 0.717) is 0 Å². The van der Waals surface area contributed by atoms with Crippen molar-refractivity contribution in [2.24, 2.45) is 0 Å². The van der Waals surface area contributed by atoms with Gasteiger partial charge in [0.1, 0.15) is 0 Å². The molecule has 0 N–H and O–H groups in total. The third-order valence-electron chi connectivity index (χ3n) is 1.54. The number of hydrogen-bond acceptors (Lipinski definition) is 0. The van der Waals surface area contributed by atoms with E-state index in [4.69, 9.17) is 0 Å². The molecule has 0 aliphatic rings. The average Bonchev–Trinajstić information content (AvgIpc) is 2.03. The predicted molar refractivity (Wildman–Crippen MR) is 42.4 cm³/mol. The van der Waals surface area contributed by atoms with Gasteiger partial charge in [-0.2, -0.15) is 0 Å². The van der Waals surface area contributed by atoms with Crippen molar-refractivity contribution in [3.63, 3.8) is 0 Å². The summed E-state index contributed by atoms with van der Waals surface area (Å²) in [6.45, 7) is 0. The standard InChI is InChI=1S/C8H6F3.ClH.Zn/c1-6-3-2-4-7(5-6)8(9,10)11;;/h2-5H,1H2;1H;. The van der Waals surface area contributed by atoms with Gasteiger partial charge < -0.3 is 0 Å². The molecule has 0 spiro atoms. The normalized spacial score (nSPS) is 10.8. The summed E-state index contributed by atoms with van der Waals surface area (Å²) >= 11 is 0.987. The molecule has 1 aromatic carbocycles. The van der Waals surface area contributed by atoms with Crippen LogP contribution in [-0.4, -0.2) is 0 Å². The molecule has 0 saturated carbocycles. The molecule has 0 aromatic heterocycles. The minimum absolute atomic E-state index is 0. The van der Waals surface area contributed by atoms with Gasteiger partial charge in [0, 0.05) is 0 Å². The van der Waals surface area contributed by atoms with Crippen LogP contribution in [0.3, 0.4) is 0 Å². The zero-order valence-corrected chi connectivity index (χ0v) is 10.5. The molecule has 0 saturated heterocycles. The van der Waals surface area contributed by atoms with Crippen LogP contribution in [0.1, 0.15) is 11.1 Å². The molecule has 0 atom stereocenters. The van der Waals surface area contributed by atoms with E-state index in [9.17, 15) is 13.2 Å². The van der Waals surface area contributed by atoms with Gasteiger partial charge >= 0.3 is 78.1 Å². The monoisotopic (exact) mass is 259 g/mol. The first-order valence-corrected chi connectivity index (χ1v) is 5.59. The Hall–Kier alpha value is -0.0766. The molecule has 0 heterocycles. The molecule has 1 rings (SSSR count). The van der Waals surface area contributed by atoms with Gasteiger partial charge in [-0.15, -0.1) is 12.4 Å². The number of benzene rings is 1. The van der Waals surface area contributed by atoms with Crippen molar-refractivity contribution < 1.29 is 31.5 Å². The van der Waals surface area contributed by atoms with Crippen LogP contribution < -0.4 is 0 Å². The van der Waals surface area contributed by atoms with Crippen LogP contribution in [0.5, 0.6) is 0 Å². The summed E-state index contributed by atoms with van der Waals surface area (Å²) in [6, 6.07) is 5.48. The van der Waals surface area contributed by atoms with E-state index in [1.807, 2.05) is 0 Å². The van der Waals surface area contributed by atoms with E-state index in [1.165, 1.54) is 12.1 Å². The zero-order chi connectivity index (χ0) is 9.19. The third-order valence-corrected chi connectivity index (χ3v) is 2.75. The zero-order valence-electron chi connectivity index (χ0n) is 6.77. The van der Waals surface area contributed by atoms with Gasteiger partial charge in [0.15, 0.2) is 0 Å². The predicted octanol–water partition coefficient (Wildman–Crippen LogP) is 3.17. The Bertz CT molecular complexity index is 272. The van der Waals surface area contributed by atoms with Gasteiger partial charge in [-0.3, -0.25) is 0 Å². The summed E-state index contributed by atoms with van der Waals surface area (Å²) < 4.78 is 36.3. The van der Waals surface area contributed by atoms with Crippen LogP contribution in [0, 0.1) is 0 Å². The summed E-state index contributed by atoms with van der Waals surface area (Å²) in [5.41, 5.74) is 0.221. The maximum absolute atomic E-state index is 12.1. The van der Waals surface area contributed by atoms with E-state index in [0.717, 1.165) is 34.9 Å². The number of rotatable bonds is 1. The SMILES string of the molecule is Cl.FC(F)(F)c1cccc([CH2][Zn])c1. The summed E-state index contributed by atoms with van der Waals surface area (Å²) in [5, 5.41) is 0.754. The molecular weight excluding hydrogens is 254 g/mol. The molecular formula is C8H7ClF3Zn. The van der Waals surface area contributed by atoms with Crippen LogP contribution in [0.2, 0.25) is 0 Å². The molecule has 0 aliphatic carbocycles. The Kier molecular flexibility index (Phi) is 4.94. The van der Waals surface area contributed by atoms with Gasteiger partial charge in [0.05, 0.1) is 0 Å². The Labute approximate surface area is 90.6 Å². The second kappa shape index (κ2) is 4.97. The van der Waals surface area contributed by atoms with Crippen molar-refractivity contribution in [2.45, 2.75) is 11.2 Å². The van der Waals surface area contributed by atoms with Crippen molar-refractivity contribution in [3.8, 4) is 0 Å². The molecule has 0 unspecified atom stereocenters. The van der Waals surface area contributed by atoms with Crippen molar-refractivity contribution >= 4 is 12.4 Å². The van der Waals surface area contributed by atoms with E-state index in [2.05, 4.69) is 0 Å². The molecule has 0 bridgehead atoms. The maximum atomic E-state index is 12.1. The topological polar surface area (TPSA) is 0 Å². The van der Waals surface area contributed by atoms with Crippen LogP contribution in [0.4, 0.5) is 13.2 Å². The summed E-state index contributed by atoms with van der Waals surface area (Å²) in [5.74, 6) is 0. The molecule has 69 valence electrons. The molecule has 0 amide bonds. The first kappa shape index (κ1) is 12.9. The second-order valence-corrected chi connectivity index (χ2v) is 3.50. The van der Waals surface area contributed by atoms with Crippen LogP contribution in [-0.2, 0) is 29.5 Å². The van der Waals surface area contributed by atoms with Crippen molar-refractivity contribution in [1.29, 1.82) is 0 Å². The quantitative estimate of drug-likeness (QED) is 0.681. The molecule has 0 nitrogen and oxygen atoms in total. The van der Waals surface area contributed by atoms with Crippen molar-refractivity contribution in [3.05, 3.63) is 35.4 Å². The summed E-state index contributed by atoms with van der Waals surface area (Å²) in [6.07, 6.45) is -4.20. The van der Waals surface area contributed by atoms with Crippen molar-refractivity contribution in [1.82, 2.24) is 0 Å². The summed E-state index contributed by atoms with van der Waals surface area (Å²) in [4.78, 5) is 0.